The summed E-state index contributed by atoms with van der Waals surface area (Å²) in [6, 6.07) is 14.1. The van der Waals surface area contributed by atoms with E-state index in [2.05, 4.69) is 41.6 Å². The second-order valence-corrected chi connectivity index (χ2v) is 7.93. The predicted molar refractivity (Wildman–Crippen MR) is 106 cm³/mol. The predicted octanol–water partition coefficient (Wildman–Crippen LogP) is 1.97. The number of nitrogens with zero attached hydrogens (tertiary/aromatic N) is 3. The first-order chi connectivity index (χ1) is 12.6. The molecule has 0 unspecified atom stereocenters. The topological polar surface area (TPSA) is 84.8 Å². The van der Waals surface area contributed by atoms with E-state index >= 15 is 0 Å². The maximum Gasteiger partial charge on any atom is 0.323 e. The minimum absolute atomic E-state index is 0.170. The number of piperidine rings is 1. The van der Waals surface area contributed by atoms with Gasteiger partial charge in [0.2, 0.25) is 0 Å². The summed E-state index contributed by atoms with van der Waals surface area (Å²) >= 11 is 1.68. The van der Waals surface area contributed by atoms with E-state index in [1.807, 2.05) is 24.3 Å². The van der Waals surface area contributed by atoms with Gasteiger partial charge in [0.05, 0.1) is 17.0 Å². The van der Waals surface area contributed by atoms with Crippen LogP contribution in [-0.4, -0.2) is 42.1 Å². The van der Waals surface area contributed by atoms with Gasteiger partial charge in [0, 0.05) is 23.4 Å². The van der Waals surface area contributed by atoms with Crippen LogP contribution in [0.5, 0.6) is 0 Å². The largest absolute Gasteiger partial charge is 0.324 e. The van der Waals surface area contributed by atoms with Gasteiger partial charge in [-0.25, -0.2) is 4.79 Å². The van der Waals surface area contributed by atoms with Gasteiger partial charge in [0.1, 0.15) is 0 Å². The standard InChI is InChI=1S/C18H18BN5OS/c19-15-6-5-14(26-15)18(11-20)7-9-24(10-8-18)17(25)21-16-12-3-1-2-4-13(12)22-23-16/h1-6H,7-10,19H2,(H2,21,22,23,25). The van der Waals surface area contributed by atoms with Crippen molar-refractivity contribution in [2.45, 2.75) is 18.3 Å². The first kappa shape index (κ1) is 16.7. The van der Waals surface area contributed by atoms with Crippen LogP contribution in [0.1, 0.15) is 17.7 Å². The molecular formula is C18H18BN5OS. The number of para-hydroxylation sites is 1. The Balaban J connectivity index is 1.46. The van der Waals surface area contributed by atoms with Crippen LogP contribution in [0, 0.1) is 11.3 Å². The van der Waals surface area contributed by atoms with Gasteiger partial charge in [0.15, 0.2) is 13.7 Å². The zero-order valence-corrected chi connectivity index (χ0v) is 15.3. The van der Waals surface area contributed by atoms with Crippen LogP contribution >= 0.6 is 11.3 Å². The Labute approximate surface area is 156 Å². The van der Waals surface area contributed by atoms with Crippen molar-refractivity contribution in [2.24, 2.45) is 0 Å². The van der Waals surface area contributed by atoms with Crippen molar-refractivity contribution in [3.8, 4) is 6.07 Å². The molecule has 3 heterocycles. The number of urea groups is 1. The van der Waals surface area contributed by atoms with Gasteiger partial charge in [-0.1, -0.05) is 18.2 Å². The first-order valence-electron chi connectivity index (χ1n) is 8.58. The first-order valence-corrected chi connectivity index (χ1v) is 9.40. The van der Waals surface area contributed by atoms with Crippen molar-refractivity contribution >= 4 is 46.7 Å². The van der Waals surface area contributed by atoms with Crippen LogP contribution in [0.15, 0.2) is 36.4 Å². The molecule has 0 aliphatic carbocycles. The number of carbonyl (C=O) groups is 1. The molecule has 1 saturated heterocycles. The van der Waals surface area contributed by atoms with Gasteiger partial charge >= 0.3 is 6.03 Å². The van der Waals surface area contributed by atoms with Crippen LogP contribution in [0.3, 0.4) is 0 Å². The zero-order valence-electron chi connectivity index (χ0n) is 14.5. The average molecular weight is 363 g/mol. The number of H-pyrrole nitrogens is 1. The third-order valence-electron chi connectivity index (χ3n) is 5.03. The number of benzene rings is 1. The SMILES string of the molecule is Bc1ccc(C2(C#N)CCN(C(=O)Nc3n[nH]c4ccccc34)CC2)s1. The molecule has 1 aromatic carbocycles. The molecule has 1 fully saturated rings. The highest BCUT2D eigenvalue weighted by atomic mass is 32.1. The van der Waals surface area contributed by atoms with Gasteiger partial charge < -0.3 is 4.90 Å². The summed E-state index contributed by atoms with van der Waals surface area (Å²) in [5.41, 5.74) is 0.410. The van der Waals surface area contributed by atoms with Crippen molar-refractivity contribution in [2.75, 3.05) is 18.4 Å². The van der Waals surface area contributed by atoms with E-state index in [-0.39, 0.29) is 6.03 Å². The molecule has 0 bridgehead atoms. The molecule has 0 spiro atoms. The Hall–Kier alpha value is -2.79. The molecule has 1 aliphatic heterocycles. The van der Waals surface area contributed by atoms with Crippen molar-refractivity contribution in [1.29, 1.82) is 5.26 Å². The Morgan fingerprint density at radius 3 is 2.77 bits per heavy atom. The summed E-state index contributed by atoms with van der Waals surface area (Å²) in [7, 11) is 2.05. The number of amides is 2. The number of nitriles is 1. The number of hydrogen-bond acceptors (Lipinski definition) is 4. The monoisotopic (exact) mass is 363 g/mol. The lowest BCUT2D eigenvalue weighted by molar-refractivity contribution is 0.184. The maximum atomic E-state index is 12.6. The molecule has 0 radical (unpaired) electrons. The third kappa shape index (κ3) is 2.84. The summed E-state index contributed by atoms with van der Waals surface area (Å²) in [6.07, 6.45) is 1.30. The summed E-state index contributed by atoms with van der Waals surface area (Å²) in [6.45, 7) is 1.11. The van der Waals surface area contributed by atoms with Gasteiger partial charge in [0.25, 0.3) is 0 Å². The van der Waals surface area contributed by atoms with Gasteiger partial charge in [-0.3, -0.25) is 10.4 Å². The number of carbonyl (C=O) groups excluding carboxylic acids is 1. The van der Waals surface area contributed by atoms with Crippen molar-refractivity contribution in [3.05, 3.63) is 41.3 Å². The molecule has 2 amide bonds. The average Bonchev–Trinajstić information content (AvgIpc) is 3.29. The van der Waals surface area contributed by atoms with Crippen LogP contribution in [0.2, 0.25) is 0 Å². The molecule has 4 rings (SSSR count). The number of aromatic amines is 1. The van der Waals surface area contributed by atoms with Crippen LogP contribution in [-0.2, 0) is 5.41 Å². The molecule has 0 atom stereocenters. The lowest BCUT2D eigenvalue weighted by Gasteiger charge is -2.36. The van der Waals surface area contributed by atoms with E-state index in [0.717, 1.165) is 15.8 Å². The van der Waals surface area contributed by atoms with E-state index in [0.29, 0.717) is 31.7 Å². The van der Waals surface area contributed by atoms with Crippen molar-refractivity contribution in [3.63, 3.8) is 0 Å². The number of nitrogens with one attached hydrogen (secondary N) is 2. The van der Waals surface area contributed by atoms with E-state index in [4.69, 9.17) is 0 Å². The smallest absolute Gasteiger partial charge is 0.323 e. The molecule has 6 nitrogen and oxygen atoms in total. The molecule has 2 aromatic heterocycles. The number of thiophene rings is 1. The number of fused-ring (bicyclic) bond motifs is 1. The number of anilines is 1. The molecule has 3 aromatic rings. The Morgan fingerprint density at radius 2 is 2.08 bits per heavy atom. The van der Waals surface area contributed by atoms with Crippen LogP contribution in [0.4, 0.5) is 10.6 Å². The molecule has 2 N–H and O–H groups in total. The fourth-order valence-electron chi connectivity index (χ4n) is 3.44. The highest BCUT2D eigenvalue weighted by Gasteiger charge is 2.38. The van der Waals surface area contributed by atoms with E-state index < -0.39 is 5.41 Å². The van der Waals surface area contributed by atoms with Gasteiger partial charge in [-0.2, -0.15) is 21.7 Å². The Bertz CT molecular complexity index is 996. The van der Waals surface area contributed by atoms with Crippen LogP contribution < -0.4 is 10.1 Å². The lowest BCUT2D eigenvalue weighted by Crippen LogP contribution is -2.46. The Morgan fingerprint density at radius 1 is 1.31 bits per heavy atom. The zero-order chi connectivity index (χ0) is 18.1. The molecule has 0 saturated carbocycles. The fraction of sp³-hybridized carbons (Fsp3) is 0.278. The highest BCUT2D eigenvalue weighted by molar-refractivity contribution is 7.20. The normalized spacial score (nSPS) is 16.3. The van der Waals surface area contributed by atoms with Gasteiger partial charge in [-0.05, 0) is 35.8 Å². The molecule has 130 valence electrons. The van der Waals surface area contributed by atoms with E-state index in [1.165, 1.54) is 4.78 Å². The van der Waals surface area contributed by atoms with Crippen LogP contribution in [0.25, 0.3) is 10.9 Å². The summed E-state index contributed by atoms with van der Waals surface area (Å²) < 4.78 is 1.21. The molecular weight excluding hydrogens is 345 g/mol. The van der Waals surface area contributed by atoms with E-state index in [1.54, 1.807) is 16.2 Å². The highest BCUT2D eigenvalue weighted by Crippen LogP contribution is 2.37. The molecule has 8 heteroatoms. The number of aromatic nitrogens is 2. The second-order valence-electron chi connectivity index (χ2n) is 6.64. The number of hydrogen-bond donors (Lipinski definition) is 2. The summed E-state index contributed by atoms with van der Waals surface area (Å²) in [4.78, 5) is 15.5. The lowest BCUT2D eigenvalue weighted by atomic mass is 9.78. The molecule has 26 heavy (non-hydrogen) atoms. The summed E-state index contributed by atoms with van der Waals surface area (Å²) in [5, 5.41) is 20.7. The number of likely N-dealkylation sites (tertiary alicyclic amines) is 1. The van der Waals surface area contributed by atoms with Crippen molar-refractivity contribution in [1.82, 2.24) is 15.1 Å². The molecule has 1 aliphatic rings. The number of rotatable bonds is 2. The second kappa shape index (κ2) is 6.50. The minimum Gasteiger partial charge on any atom is -0.324 e. The Kier molecular flexibility index (Phi) is 4.17. The third-order valence-corrected chi connectivity index (χ3v) is 6.23. The maximum absolute atomic E-state index is 12.6. The quantitative estimate of drug-likeness (QED) is 0.683. The van der Waals surface area contributed by atoms with E-state index in [9.17, 15) is 10.1 Å². The fourth-order valence-corrected chi connectivity index (χ4v) is 4.50. The minimum atomic E-state index is -0.477. The summed E-state index contributed by atoms with van der Waals surface area (Å²) in [5.74, 6) is 0.539. The van der Waals surface area contributed by atoms with Crippen molar-refractivity contribution < 1.29 is 4.79 Å². The van der Waals surface area contributed by atoms with Gasteiger partial charge in [-0.15, -0.1) is 0 Å².